The first-order valence-corrected chi connectivity index (χ1v) is 7.75. The average molecular weight is 290 g/mol. The van der Waals surface area contributed by atoms with Crippen molar-refractivity contribution < 1.29 is 9.53 Å². The first-order valence-electron chi connectivity index (χ1n) is 7.75. The summed E-state index contributed by atoms with van der Waals surface area (Å²) in [5, 5.41) is 3.41. The number of benzene rings is 1. The Morgan fingerprint density at radius 3 is 2.52 bits per heavy atom. The van der Waals surface area contributed by atoms with Gasteiger partial charge in [0.05, 0.1) is 0 Å². The largest absolute Gasteiger partial charge is 0.480 e. The SMILES string of the molecule is CCCNCc1cc(C)c(OC2CCN(C)C2=O)c(C)c1. The quantitative estimate of drug-likeness (QED) is 0.818. The lowest BCUT2D eigenvalue weighted by molar-refractivity contribution is -0.132. The van der Waals surface area contributed by atoms with Crippen molar-refractivity contribution in [3.63, 3.8) is 0 Å². The molecule has 0 aliphatic carbocycles. The van der Waals surface area contributed by atoms with Crippen molar-refractivity contribution in [2.24, 2.45) is 0 Å². The van der Waals surface area contributed by atoms with E-state index in [-0.39, 0.29) is 12.0 Å². The molecule has 1 amide bonds. The van der Waals surface area contributed by atoms with Gasteiger partial charge in [-0.1, -0.05) is 19.1 Å². The van der Waals surface area contributed by atoms with Crippen LogP contribution in [0.1, 0.15) is 36.5 Å². The molecule has 1 aromatic carbocycles. The lowest BCUT2D eigenvalue weighted by Gasteiger charge is -2.18. The van der Waals surface area contributed by atoms with E-state index in [1.807, 2.05) is 7.05 Å². The second kappa shape index (κ2) is 6.94. The van der Waals surface area contributed by atoms with Crippen molar-refractivity contribution in [1.82, 2.24) is 10.2 Å². The summed E-state index contributed by atoms with van der Waals surface area (Å²) in [7, 11) is 1.83. The minimum Gasteiger partial charge on any atom is -0.480 e. The van der Waals surface area contributed by atoms with Gasteiger partial charge in [0.1, 0.15) is 5.75 Å². The predicted octanol–water partition coefficient (Wildman–Crippen LogP) is 2.41. The molecule has 1 aliphatic heterocycles. The van der Waals surface area contributed by atoms with Gasteiger partial charge in [0, 0.05) is 26.6 Å². The molecule has 1 fully saturated rings. The van der Waals surface area contributed by atoms with Crippen LogP contribution in [-0.4, -0.2) is 37.0 Å². The molecule has 0 spiro atoms. The molecule has 1 saturated heterocycles. The third-order valence-electron chi connectivity index (χ3n) is 3.91. The van der Waals surface area contributed by atoms with Gasteiger partial charge in [0.15, 0.2) is 6.10 Å². The van der Waals surface area contributed by atoms with Crippen LogP contribution < -0.4 is 10.1 Å². The number of carbonyl (C=O) groups is 1. The monoisotopic (exact) mass is 290 g/mol. The molecule has 1 unspecified atom stereocenters. The number of amides is 1. The molecule has 116 valence electrons. The van der Waals surface area contributed by atoms with Gasteiger partial charge in [-0.05, 0) is 43.5 Å². The standard InChI is InChI=1S/C17H26N2O2/c1-5-7-18-11-14-9-12(2)16(13(3)10-14)21-15-6-8-19(4)17(15)20/h9-10,15,18H,5-8,11H2,1-4H3. The highest BCUT2D eigenvalue weighted by atomic mass is 16.5. The van der Waals surface area contributed by atoms with Crippen LogP contribution >= 0.6 is 0 Å². The van der Waals surface area contributed by atoms with Gasteiger partial charge in [-0.25, -0.2) is 0 Å². The first-order chi connectivity index (χ1) is 10.0. The summed E-state index contributed by atoms with van der Waals surface area (Å²) in [4.78, 5) is 13.7. The van der Waals surface area contributed by atoms with Crippen molar-refractivity contribution in [2.75, 3.05) is 20.1 Å². The fourth-order valence-corrected chi connectivity index (χ4v) is 2.78. The summed E-state index contributed by atoms with van der Waals surface area (Å²) in [5.74, 6) is 0.949. The van der Waals surface area contributed by atoms with Crippen LogP contribution in [0.4, 0.5) is 0 Å². The lowest BCUT2D eigenvalue weighted by atomic mass is 10.1. The number of ether oxygens (including phenoxy) is 1. The third kappa shape index (κ3) is 3.76. The Kier molecular flexibility index (Phi) is 5.23. The maximum Gasteiger partial charge on any atom is 0.263 e. The van der Waals surface area contributed by atoms with Crippen molar-refractivity contribution >= 4 is 5.91 Å². The van der Waals surface area contributed by atoms with E-state index in [1.54, 1.807) is 4.90 Å². The predicted molar refractivity (Wildman–Crippen MR) is 84.6 cm³/mol. The van der Waals surface area contributed by atoms with Gasteiger partial charge >= 0.3 is 0 Å². The fraction of sp³-hybridized carbons (Fsp3) is 0.588. The molecule has 0 radical (unpaired) electrons. The topological polar surface area (TPSA) is 41.6 Å². The van der Waals surface area contributed by atoms with Crippen LogP contribution in [0.2, 0.25) is 0 Å². The second-order valence-corrected chi connectivity index (χ2v) is 5.89. The fourth-order valence-electron chi connectivity index (χ4n) is 2.78. The van der Waals surface area contributed by atoms with Crippen LogP contribution in [-0.2, 0) is 11.3 Å². The molecule has 21 heavy (non-hydrogen) atoms. The van der Waals surface area contributed by atoms with Crippen LogP contribution in [0, 0.1) is 13.8 Å². The zero-order valence-electron chi connectivity index (χ0n) is 13.5. The molecular weight excluding hydrogens is 264 g/mol. The second-order valence-electron chi connectivity index (χ2n) is 5.89. The van der Waals surface area contributed by atoms with Crippen LogP contribution in [0.3, 0.4) is 0 Å². The molecule has 1 aliphatic rings. The maximum absolute atomic E-state index is 12.0. The minimum absolute atomic E-state index is 0.0856. The highest BCUT2D eigenvalue weighted by Crippen LogP contribution is 2.28. The first kappa shape index (κ1) is 15.8. The molecule has 4 heteroatoms. The van der Waals surface area contributed by atoms with E-state index in [4.69, 9.17) is 4.74 Å². The van der Waals surface area contributed by atoms with Gasteiger partial charge in [-0.3, -0.25) is 4.79 Å². The third-order valence-corrected chi connectivity index (χ3v) is 3.91. The maximum atomic E-state index is 12.0. The average Bonchev–Trinajstić information content (AvgIpc) is 2.75. The molecule has 2 rings (SSSR count). The van der Waals surface area contributed by atoms with Crippen molar-refractivity contribution in [3.8, 4) is 5.75 Å². The highest BCUT2D eigenvalue weighted by Gasteiger charge is 2.31. The number of rotatable bonds is 6. The Morgan fingerprint density at radius 2 is 2.00 bits per heavy atom. The Hall–Kier alpha value is -1.55. The Morgan fingerprint density at radius 1 is 1.33 bits per heavy atom. The summed E-state index contributed by atoms with van der Waals surface area (Å²) >= 11 is 0. The number of aryl methyl sites for hydroxylation is 2. The number of carbonyl (C=O) groups excluding carboxylic acids is 1. The number of hydrogen-bond donors (Lipinski definition) is 1. The van der Waals surface area contributed by atoms with E-state index in [1.165, 1.54) is 5.56 Å². The van der Waals surface area contributed by atoms with Gasteiger partial charge in [0.2, 0.25) is 0 Å². The number of nitrogens with one attached hydrogen (secondary N) is 1. The van der Waals surface area contributed by atoms with Gasteiger partial charge in [0.25, 0.3) is 5.91 Å². The molecule has 0 bridgehead atoms. The van der Waals surface area contributed by atoms with E-state index in [0.29, 0.717) is 0 Å². The normalized spacial score (nSPS) is 18.4. The van der Waals surface area contributed by atoms with Crippen LogP contribution in [0.5, 0.6) is 5.75 Å². The zero-order chi connectivity index (χ0) is 15.4. The molecule has 1 aromatic rings. The van der Waals surface area contributed by atoms with Crippen LogP contribution in [0.15, 0.2) is 12.1 Å². The van der Waals surface area contributed by atoms with Crippen molar-refractivity contribution in [1.29, 1.82) is 0 Å². The lowest BCUT2D eigenvalue weighted by Crippen LogP contribution is -2.29. The number of nitrogens with zero attached hydrogens (tertiary/aromatic N) is 1. The summed E-state index contributed by atoms with van der Waals surface area (Å²) in [5.41, 5.74) is 3.47. The van der Waals surface area contributed by atoms with E-state index in [0.717, 1.165) is 49.4 Å². The van der Waals surface area contributed by atoms with E-state index < -0.39 is 0 Å². The molecule has 1 N–H and O–H groups in total. The Labute approximate surface area is 127 Å². The molecule has 0 aromatic heterocycles. The smallest absolute Gasteiger partial charge is 0.263 e. The summed E-state index contributed by atoms with van der Waals surface area (Å²) < 4.78 is 5.99. The highest BCUT2D eigenvalue weighted by molar-refractivity contribution is 5.83. The number of likely N-dealkylation sites (N-methyl/N-ethyl adjacent to an activating group) is 1. The Bertz CT molecular complexity index is 491. The number of likely N-dealkylation sites (tertiary alicyclic amines) is 1. The van der Waals surface area contributed by atoms with Gasteiger partial charge < -0.3 is 15.0 Å². The van der Waals surface area contributed by atoms with Crippen LogP contribution in [0.25, 0.3) is 0 Å². The Balaban J connectivity index is 2.08. The summed E-state index contributed by atoms with van der Waals surface area (Å²) in [6.45, 7) is 8.94. The number of hydrogen-bond acceptors (Lipinski definition) is 3. The molecular formula is C17H26N2O2. The van der Waals surface area contributed by atoms with Gasteiger partial charge in [-0.15, -0.1) is 0 Å². The molecule has 4 nitrogen and oxygen atoms in total. The van der Waals surface area contributed by atoms with Gasteiger partial charge in [-0.2, -0.15) is 0 Å². The van der Waals surface area contributed by atoms with E-state index in [9.17, 15) is 4.79 Å². The van der Waals surface area contributed by atoms with E-state index >= 15 is 0 Å². The molecule has 0 saturated carbocycles. The summed E-state index contributed by atoms with van der Waals surface area (Å²) in [6.07, 6.45) is 1.58. The summed E-state index contributed by atoms with van der Waals surface area (Å²) in [6, 6.07) is 4.29. The van der Waals surface area contributed by atoms with Crippen molar-refractivity contribution in [3.05, 3.63) is 28.8 Å². The van der Waals surface area contributed by atoms with Crippen molar-refractivity contribution in [2.45, 2.75) is 46.3 Å². The minimum atomic E-state index is -0.323. The van der Waals surface area contributed by atoms with E-state index in [2.05, 4.69) is 38.2 Å². The zero-order valence-corrected chi connectivity index (χ0v) is 13.5. The molecule has 1 heterocycles. The molecule has 1 atom stereocenters.